The molecule has 0 N–H and O–H groups in total. The largest absolute Gasteiger partial charge is 0.271 e. The Morgan fingerprint density at radius 3 is 2.62 bits per heavy atom. The van der Waals surface area contributed by atoms with Gasteiger partial charge in [-0.05, 0) is 25.7 Å². The maximum absolute atomic E-state index is 12.0. The summed E-state index contributed by atoms with van der Waals surface area (Å²) in [6.45, 7) is 1.03. The molecule has 5 nitrogen and oxygen atoms in total. The molecule has 1 atom stereocenters. The van der Waals surface area contributed by atoms with Gasteiger partial charge in [-0.2, -0.15) is 0 Å². The number of hydrogen-bond donors (Lipinski definition) is 0. The van der Waals surface area contributed by atoms with Crippen molar-refractivity contribution in [1.29, 1.82) is 0 Å². The third kappa shape index (κ3) is 2.38. The maximum Gasteiger partial charge on any atom is 0.264 e. The number of nitrogens with zero attached hydrogens (tertiary/aromatic N) is 1. The Kier molecular flexibility index (Phi) is 3.49. The van der Waals surface area contributed by atoms with Crippen LogP contribution >= 0.6 is 0 Å². The van der Waals surface area contributed by atoms with Crippen molar-refractivity contribution in [2.45, 2.75) is 37.4 Å². The molecule has 0 bridgehead atoms. The van der Waals surface area contributed by atoms with Crippen LogP contribution in [0.15, 0.2) is 0 Å². The highest BCUT2D eigenvalue weighted by Crippen LogP contribution is 2.22. The van der Waals surface area contributed by atoms with Gasteiger partial charge in [-0.15, -0.1) is 0 Å². The van der Waals surface area contributed by atoms with Crippen molar-refractivity contribution >= 4 is 15.7 Å². The summed E-state index contributed by atoms with van der Waals surface area (Å²) in [5.74, 6) is -0.226. The number of amides is 1. The number of sulfone groups is 1. The Bertz CT molecular complexity index is 359. The lowest BCUT2D eigenvalue weighted by Crippen LogP contribution is -2.47. The van der Waals surface area contributed by atoms with Crippen LogP contribution in [0.4, 0.5) is 0 Å². The fourth-order valence-electron chi connectivity index (χ4n) is 2.16. The van der Waals surface area contributed by atoms with Gasteiger partial charge in [-0.25, -0.2) is 13.5 Å². The van der Waals surface area contributed by atoms with Crippen molar-refractivity contribution in [1.82, 2.24) is 5.06 Å². The van der Waals surface area contributed by atoms with Crippen LogP contribution < -0.4 is 0 Å². The van der Waals surface area contributed by atoms with Gasteiger partial charge in [0.25, 0.3) is 5.91 Å². The van der Waals surface area contributed by atoms with Gasteiger partial charge < -0.3 is 0 Å². The molecule has 2 rings (SSSR count). The van der Waals surface area contributed by atoms with E-state index in [0.29, 0.717) is 26.0 Å². The van der Waals surface area contributed by atoms with E-state index < -0.39 is 15.1 Å². The number of carbonyl (C=O) groups is 1. The van der Waals surface area contributed by atoms with Gasteiger partial charge in [-0.1, -0.05) is 6.42 Å². The zero-order valence-electron chi connectivity index (χ0n) is 9.22. The molecule has 0 aromatic carbocycles. The van der Waals surface area contributed by atoms with Crippen LogP contribution in [0.25, 0.3) is 0 Å². The lowest BCUT2D eigenvalue weighted by atomic mass is 10.1. The van der Waals surface area contributed by atoms with E-state index in [1.165, 1.54) is 5.06 Å². The van der Waals surface area contributed by atoms with Crippen molar-refractivity contribution in [2.75, 3.05) is 18.9 Å². The molecule has 16 heavy (non-hydrogen) atoms. The molecule has 2 fully saturated rings. The maximum atomic E-state index is 12.0. The summed E-state index contributed by atoms with van der Waals surface area (Å²) >= 11 is 0. The van der Waals surface area contributed by atoms with E-state index in [9.17, 15) is 13.2 Å². The van der Waals surface area contributed by atoms with E-state index in [1.54, 1.807) is 0 Å². The van der Waals surface area contributed by atoms with Gasteiger partial charge >= 0.3 is 0 Å². The molecule has 2 aliphatic rings. The predicted molar refractivity (Wildman–Crippen MR) is 58.3 cm³/mol. The van der Waals surface area contributed by atoms with E-state index in [0.717, 1.165) is 19.3 Å². The third-order valence-electron chi connectivity index (χ3n) is 3.10. The monoisotopic (exact) mass is 247 g/mol. The Morgan fingerprint density at radius 2 is 2.00 bits per heavy atom. The summed E-state index contributed by atoms with van der Waals surface area (Å²) in [6.07, 6.45) is 3.75. The smallest absolute Gasteiger partial charge is 0.264 e. The number of carbonyl (C=O) groups excluding carboxylic acids is 1. The van der Waals surface area contributed by atoms with Crippen LogP contribution in [0.2, 0.25) is 0 Å². The van der Waals surface area contributed by atoms with E-state index >= 15 is 0 Å². The van der Waals surface area contributed by atoms with Gasteiger partial charge in [0, 0.05) is 6.54 Å². The Labute approximate surface area is 95.6 Å². The van der Waals surface area contributed by atoms with Gasteiger partial charge in [0.05, 0.1) is 12.4 Å². The molecule has 0 aromatic heterocycles. The molecule has 2 aliphatic heterocycles. The van der Waals surface area contributed by atoms with E-state index in [1.807, 2.05) is 0 Å². The van der Waals surface area contributed by atoms with Gasteiger partial charge in [0.15, 0.2) is 9.84 Å². The molecular formula is C10H17NO4S. The molecule has 92 valence electrons. The molecular weight excluding hydrogens is 230 g/mol. The molecule has 1 unspecified atom stereocenters. The van der Waals surface area contributed by atoms with Crippen LogP contribution in [0.1, 0.15) is 32.1 Å². The van der Waals surface area contributed by atoms with Crippen molar-refractivity contribution in [3.8, 4) is 0 Å². The molecule has 0 aromatic rings. The van der Waals surface area contributed by atoms with Gasteiger partial charge in [-0.3, -0.25) is 9.63 Å². The second-order valence-corrected chi connectivity index (χ2v) is 6.64. The van der Waals surface area contributed by atoms with Gasteiger partial charge in [0.1, 0.15) is 5.25 Å². The van der Waals surface area contributed by atoms with Gasteiger partial charge in [0.2, 0.25) is 0 Å². The highest BCUT2D eigenvalue weighted by atomic mass is 32.2. The van der Waals surface area contributed by atoms with Crippen LogP contribution in [0.5, 0.6) is 0 Å². The molecule has 6 heteroatoms. The molecule has 0 saturated carbocycles. The Balaban J connectivity index is 2.07. The molecule has 0 radical (unpaired) electrons. The summed E-state index contributed by atoms with van der Waals surface area (Å²) in [5.41, 5.74) is 0. The van der Waals surface area contributed by atoms with E-state index in [4.69, 9.17) is 4.84 Å². The first kappa shape index (κ1) is 11.9. The van der Waals surface area contributed by atoms with E-state index in [-0.39, 0.29) is 11.7 Å². The average molecular weight is 247 g/mol. The minimum Gasteiger partial charge on any atom is -0.271 e. The minimum absolute atomic E-state index is 0.136. The fourth-order valence-corrected chi connectivity index (χ4v) is 4.00. The van der Waals surface area contributed by atoms with Crippen molar-refractivity contribution < 1.29 is 18.0 Å². The summed E-state index contributed by atoms with van der Waals surface area (Å²) in [7, 11) is -3.24. The summed E-state index contributed by atoms with van der Waals surface area (Å²) < 4.78 is 23.5. The van der Waals surface area contributed by atoms with Crippen LogP contribution in [0, 0.1) is 0 Å². The van der Waals surface area contributed by atoms with Crippen LogP contribution in [-0.2, 0) is 19.5 Å². The first-order valence-electron chi connectivity index (χ1n) is 5.77. The van der Waals surface area contributed by atoms with Crippen LogP contribution in [-0.4, -0.2) is 43.5 Å². The van der Waals surface area contributed by atoms with Crippen LogP contribution in [0.3, 0.4) is 0 Å². The van der Waals surface area contributed by atoms with Crippen molar-refractivity contribution in [3.63, 3.8) is 0 Å². The lowest BCUT2D eigenvalue weighted by molar-refractivity contribution is -0.196. The van der Waals surface area contributed by atoms with Crippen molar-refractivity contribution in [2.24, 2.45) is 0 Å². The normalized spacial score (nSPS) is 30.0. The lowest BCUT2D eigenvalue weighted by Gasteiger charge is -2.30. The molecule has 1 amide bonds. The minimum atomic E-state index is -3.24. The number of hydrogen-bond acceptors (Lipinski definition) is 4. The zero-order valence-corrected chi connectivity index (χ0v) is 10.0. The SMILES string of the molecule is O=C(C1CCCCS1(=O)=O)N1CCCCO1. The second-order valence-electron chi connectivity index (χ2n) is 4.33. The van der Waals surface area contributed by atoms with E-state index in [2.05, 4.69) is 0 Å². The summed E-state index contributed by atoms with van der Waals surface area (Å²) in [5, 5.41) is 0.385. The molecule has 0 spiro atoms. The third-order valence-corrected chi connectivity index (χ3v) is 5.26. The quantitative estimate of drug-likeness (QED) is 0.677. The molecule has 0 aliphatic carbocycles. The Hall–Kier alpha value is -0.620. The second kappa shape index (κ2) is 4.71. The highest BCUT2D eigenvalue weighted by Gasteiger charge is 2.38. The number of rotatable bonds is 1. The highest BCUT2D eigenvalue weighted by molar-refractivity contribution is 7.92. The molecule has 2 saturated heterocycles. The number of hydroxylamine groups is 2. The Morgan fingerprint density at radius 1 is 1.19 bits per heavy atom. The first-order chi connectivity index (χ1) is 7.61. The summed E-state index contributed by atoms with van der Waals surface area (Å²) in [4.78, 5) is 17.2. The molecule has 2 heterocycles. The zero-order chi connectivity index (χ0) is 11.6. The summed E-state index contributed by atoms with van der Waals surface area (Å²) in [6, 6.07) is 0. The fraction of sp³-hybridized carbons (Fsp3) is 0.900. The predicted octanol–water partition coefficient (Wildman–Crippen LogP) is 0.508. The topological polar surface area (TPSA) is 63.7 Å². The first-order valence-corrected chi connectivity index (χ1v) is 7.49. The average Bonchev–Trinajstić information content (AvgIpc) is 2.29. The standard InChI is InChI=1S/C10H17NO4S/c12-10(11-6-2-3-7-15-11)9-5-1-4-8-16(9,13)14/h9H,1-8H2. The van der Waals surface area contributed by atoms with Crippen molar-refractivity contribution in [3.05, 3.63) is 0 Å².